The molecule has 0 saturated carbocycles. The summed E-state index contributed by atoms with van der Waals surface area (Å²) < 4.78 is 15.2. The van der Waals surface area contributed by atoms with Crippen molar-refractivity contribution in [1.82, 2.24) is 10.6 Å². The van der Waals surface area contributed by atoms with E-state index in [4.69, 9.17) is 14.2 Å². The molecule has 8 heteroatoms. The summed E-state index contributed by atoms with van der Waals surface area (Å²) in [5, 5.41) is 4.62. The number of benzene rings is 2. The van der Waals surface area contributed by atoms with Gasteiger partial charge in [-0.1, -0.05) is 36.4 Å². The van der Waals surface area contributed by atoms with Crippen LogP contribution in [-0.4, -0.2) is 38.7 Å². The van der Waals surface area contributed by atoms with E-state index in [9.17, 15) is 14.4 Å². The molecule has 2 aromatic carbocycles. The molecule has 142 valence electrons. The average Bonchev–Trinajstić information content (AvgIpc) is 2.70. The van der Waals surface area contributed by atoms with Crippen molar-refractivity contribution >= 4 is 17.9 Å². The number of hydrogen-bond donors (Lipinski definition) is 2. The lowest BCUT2D eigenvalue weighted by Gasteiger charge is -2.12. The van der Waals surface area contributed by atoms with Crippen LogP contribution in [0.25, 0.3) is 0 Å². The molecule has 2 N–H and O–H groups in total. The Bertz CT molecular complexity index is 807. The van der Waals surface area contributed by atoms with Crippen LogP contribution in [0.1, 0.15) is 15.9 Å². The summed E-state index contributed by atoms with van der Waals surface area (Å²) in [6, 6.07) is 13.2. The second-order valence-corrected chi connectivity index (χ2v) is 5.33. The van der Waals surface area contributed by atoms with E-state index in [0.29, 0.717) is 5.75 Å². The lowest BCUT2D eigenvalue weighted by atomic mass is 10.2. The van der Waals surface area contributed by atoms with Crippen LogP contribution in [0.15, 0.2) is 48.5 Å². The number of para-hydroxylation sites is 1. The quantitative estimate of drug-likeness (QED) is 0.720. The number of ether oxygens (including phenoxy) is 3. The van der Waals surface area contributed by atoms with E-state index in [1.807, 2.05) is 30.3 Å². The normalized spacial score (nSPS) is 9.85. The molecule has 0 atom stereocenters. The molecule has 0 saturated heterocycles. The van der Waals surface area contributed by atoms with Crippen molar-refractivity contribution in [2.24, 2.45) is 0 Å². The summed E-state index contributed by atoms with van der Waals surface area (Å²) in [6.07, 6.45) is 0. The summed E-state index contributed by atoms with van der Waals surface area (Å²) in [4.78, 5) is 35.6. The molecular formula is C19H20N2O6. The number of esters is 1. The van der Waals surface area contributed by atoms with E-state index in [0.717, 1.165) is 5.56 Å². The minimum atomic E-state index is -0.773. The first-order valence-electron chi connectivity index (χ1n) is 8.05. The summed E-state index contributed by atoms with van der Waals surface area (Å²) in [5.74, 6) is -0.968. The molecule has 0 unspecified atom stereocenters. The highest BCUT2D eigenvalue weighted by molar-refractivity contribution is 5.98. The maximum absolute atomic E-state index is 12.2. The van der Waals surface area contributed by atoms with Gasteiger partial charge in [0.1, 0.15) is 5.56 Å². The smallest absolute Gasteiger partial charge is 0.342 e. The van der Waals surface area contributed by atoms with Gasteiger partial charge in [0.25, 0.3) is 5.91 Å². The number of hydrogen-bond acceptors (Lipinski definition) is 6. The molecule has 3 amide bonds. The fraction of sp³-hybridized carbons (Fsp3) is 0.211. The highest BCUT2D eigenvalue weighted by Gasteiger charge is 2.19. The van der Waals surface area contributed by atoms with Crippen molar-refractivity contribution in [3.8, 4) is 11.5 Å². The summed E-state index contributed by atoms with van der Waals surface area (Å²) in [6.45, 7) is -0.349. The van der Waals surface area contributed by atoms with E-state index < -0.39 is 24.5 Å². The van der Waals surface area contributed by atoms with Gasteiger partial charge in [-0.3, -0.25) is 10.1 Å². The Kier molecular flexibility index (Phi) is 7.18. The summed E-state index contributed by atoms with van der Waals surface area (Å²) in [7, 11) is 2.83. The molecule has 0 aliphatic carbocycles. The highest BCUT2D eigenvalue weighted by Crippen LogP contribution is 2.30. The maximum Gasteiger partial charge on any atom is 0.342 e. The van der Waals surface area contributed by atoms with Gasteiger partial charge in [-0.2, -0.15) is 0 Å². The molecule has 0 spiro atoms. The van der Waals surface area contributed by atoms with Crippen molar-refractivity contribution in [1.29, 1.82) is 0 Å². The largest absolute Gasteiger partial charge is 0.493 e. The van der Waals surface area contributed by atoms with Gasteiger partial charge in [0.05, 0.1) is 14.2 Å². The van der Waals surface area contributed by atoms with Crippen LogP contribution >= 0.6 is 0 Å². The molecule has 0 aliphatic heterocycles. The van der Waals surface area contributed by atoms with Crippen molar-refractivity contribution in [2.45, 2.75) is 6.54 Å². The fourth-order valence-corrected chi connectivity index (χ4v) is 2.24. The van der Waals surface area contributed by atoms with Crippen LogP contribution in [0.4, 0.5) is 4.79 Å². The van der Waals surface area contributed by atoms with E-state index in [-0.39, 0.29) is 17.9 Å². The molecule has 27 heavy (non-hydrogen) atoms. The Morgan fingerprint density at radius 2 is 1.67 bits per heavy atom. The standard InChI is InChI=1S/C19H20N2O6/c1-25-15-10-6-9-14(17(15)26-2)18(23)27-12-16(22)21-19(24)20-11-13-7-4-3-5-8-13/h3-10H,11-12H2,1-2H3,(H2,20,21,22,24). The number of carbonyl (C=O) groups excluding carboxylic acids is 3. The minimum Gasteiger partial charge on any atom is -0.493 e. The Hall–Kier alpha value is -3.55. The Balaban J connectivity index is 1.83. The lowest BCUT2D eigenvalue weighted by Crippen LogP contribution is -2.41. The predicted octanol–water partition coefficient (Wildman–Crippen LogP) is 1.89. The van der Waals surface area contributed by atoms with Crippen LogP contribution in [-0.2, 0) is 16.1 Å². The maximum atomic E-state index is 12.2. The first kappa shape index (κ1) is 19.8. The summed E-state index contributed by atoms with van der Waals surface area (Å²) >= 11 is 0. The number of methoxy groups -OCH3 is 2. The molecule has 8 nitrogen and oxygen atoms in total. The monoisotopic (exact) mass is 372 g/mol. The highest BCUT2D eigenvalue weighted by atomic mass is 16.5. The topological polar surface area (TPSA) is 103 Å². The SMILES string of the molecule is COc1cccc(C(=O)OCC(=O)NC(=O)NCc2ccccc2)c1OC. The first-order chi connectivity index (χ1) is 13.0. The van der Waals surface area contributed by atoms with Gasteiger partial charge in [0, 0.05) is 6.54 Å². The zero-order valence-electron chi connectivity index (χ0n) is 15.0. The van der Waals surface area contributed by atoms with Gasteiger partial charge in [0.2, 0.25) is 0 Å². The van der Waals surface area contributed by atoms with Crippen LogP contribution in [0.3, 0.4) is 0 Å². The van der Waals surface area contributed by atoms with Crippen molar-refractivity contribution in [3.63, 3.8) is 0 Å². The second kappa shape index (κ2) is 9.81. The fourth-order valence-electron chi connectivity index (χ4n) is 2.24. The molecule has 2 rings (SSSR count). The number of imide groups is 1. The Morgan fingerprint density at radius 1 is 0.926 bits per heavy atom. The number of nitrogens with one attached hydrogen (secondary N) is 2. The van der Waals surface area contributed by atoms with Crippen molar-refractivity contribution in [2.75, 3.05) is 20.8 Å². The van der Waals surface area contributed by atoms with E-state index in [1.165, 1.54) is 20.3 Å². The van der Waals surface area contributed by atoms with Crippen LogP contribution < -0.4 is 20.1 Å². The van der Waals surface area contributed by atoms with Gasteiger partial charge in [0.15, 0.2) is 18.1 Å². The Labute approximate surface area is 156 Å². The minimum absolute atomic E-state index is 0.109. The van der Waals surface area contributed by atoms with Crippen molar-refractivity contribution < 1.29 is 28.6 Å². The van der Waals surface area contributed by atoms with E-state index >= 15 is 0 Å². The third-order valence-electron chi connectivity index (χ3n) is 3.51. The van der Waals surface area contributed by atoms with Crippen LogP contribution in [0, 0.1) is 0 Å². The number of amides is 3. The third kappa shape index (κ3) is 5.74. The van der Waals surface area contributed by atoms with Gasteiger partial charge in [-0.25, -0.2) is 9.59 Å². The zero-order valence-corrected chi connectivity index (χ0v) is 15.0. The number of carbonyl (C=O) groups is 3. The molecule has 0 radical (unpaired) electrons. The lowest BCUT2D eigenvalue weighted by molar-refractivity contribution is -0.123. The van der Waals surface area contributed by atoms with Gasteiger partial charge in [-0.15, -0.1) is 0 Å². The molecule has 2 aromatic rings. The molecule has 0 aromatic heterocycles. The van der Waals surface area contributed by atoms with E-state index in [1.54, 1.807) is 12.1 Å². The van der Waals surface area contributed by atoms with Gasteiger partial charge >= 0.3 is 12.0 Å². The Morgan fingerprint density at radius 3 is 2.33 bits per heavy atom. The first-order valence-corrected chi connectivity index (χ1v) is 8.05. The van der Waals surface area contributed by atoms with Gasteiger partial charge in [-0.05, 0) is 17.7 Å². The molecular weight excluding hydrogens is 352 g/mol. The van der Waals surface area contributed by atoms with Gasteiger partial charge < -0.3 is 19.5 Å². The molecule has 0 aliphatic rings. The zero-order chi connectivity index (χ0) is 19.6. The van der Waals surface area contributed by atoms with Crippen LogP contribution in [0.2, 0.25) is 0 Å². The number of rotatable bonds is 7. The molecule has 0 fully saturated rings. The number of urea groups is 1. The predicted molar refractivity (Wildman–Crippen MR) is 96.6 cm³/mol. The van der Waals surface area contributed by atoms with Crippen LogP contribution in [0.5, 0.6) is 11.5 Å². The molecule has 0 bridgehead atoms. The average molecular weight is 372 g/mol. The third-order valence-corrected chi connectivity index (χ3v) is 3.51. The summed E-state index contributed by atoms with van der Waals surface area (Å²) in [5.41, 5.74) is 0.995. The van der Waals surface area contributed by atoms with Crippen molar-refractivity contribution in [3.05, 3.63) is 59.7 Å². The second-order valence-electron chi connectivity index (χ2n) is 5.33. The van der Waals surface area contributed by atoms with E-state index in [2.05, 4.69) is 10.6 Å². The molecule has 0 heterocycles.